The van der Waals surface area contributed by atoms with Crippen molar-refractivity contribution >= 4 is 72.6 Å². The Morgan fingerprint density at radius 1 is 0.303 bits per heavy atom. The predicted molar refractivity (Wildman–Crippen MR) is 273 cm³/mol. The summed E-state index contributed by atoms with van der Waals surface area (Å²) >= 11 is 0. The molecule has 4 heteroatoms. The van der Waals surface area contributed by atoms with Crippen molar-refractivity contribution in [1.29, 1.82) is 0 Å². The summed E-state index contributed by atoms with van der Waals surface area (Å²) in [6, 6.07) is 85.1. The molecule has 0 unspecified atom stereocenters. The largest absolute Gasteiger partial charge is 0.326 e. The Kier molecular flexibility index (Phi) is 8.01. The second-order valence-electron chi connectivity index (χ2n) is 17.5. The molecule has 308 valence electrons. The average Bonchev–Trinajstić information content (AvgIpc) is 3.91. The van der Waals surface area contributed by atoms with Gasteiger partial charge in [-0.3, -0.25) is 0 Å². The highest BCUT2D eigenvalue weighted by molar-refractivity contribution is 6.10. The number of fused-ring (bicyclic) bond motifs is 11. The maximum Gasteiger partial charge on any atom is 0.235 e. The molecular weight excluding hydrogens is 801 g/mol. The highest BCUT2D eigenvalue weighted by Gasteiger charge is 2.28. The van der Waals surface area contributed by atoms with E-state index in [1.54, 1.807) is 0 Å². The van der Waals surface area contributed by atoms with E-state index in [1.165, 1.54) is 91.0 Å². The number of aromatic nitrogens is 2. The molecule has 12 aromatic rings. The molecule has 1 aliphatic heterocycles. The maximum absolute atomic E-state index is 2.48. The smallest absolute Gasteiger partial charge is 0.235 e. The fourth-order valence-electron chi connectivity index (χ4n) is 11.1. The van der Waals surface area contributed by atoms with Crippen LogP contribution in [0.4, 0.5) is 22.7 Å². The molecule has 0 bridgehead atoms. The second kappa shape index (κ2) is 14.4. The first-order valence-electron chi connectivity index (χ1n) is 22.8. The lowest BCUT2D eigenvalue weighted by Gasteiger charge is -2.27. The van der Waals surface area contributed by atoms with Crippen LogP contribution in [-0.4, -0.2) is 21.9 Å². The van der Waals surface area contributed by atoms with Crippen molar-refractivity contribution in [3.63, 3.8) is 0 Å². The van der Waals surface area contributed by atoms with Gasteiger partial charge in [0.25, 0.3) is 0 Å². The molecular formula is C62H41N4+. The molecule has 0 atom stereocenters. The van der Waals surface area contributed by atoms with Crippen LogP contribution in [0.1, 0.15) is 0 Å². The lowest BCUT2D eigenvalue weighted by Crippen LogP contribution is -2.29. The summed E-state index contributed by atoms with van der Waals surface area (Å²) in [7, 11) is 0. The monoisotopic (exact) mass is 841 g/mol. The van der Waals surface area contributed by atoms with Crippen molar-refractivity contribution in [2.45, 2.75) is 0 Å². The summed E-state index contributed by atoms with van der Waals surface area (Å²) in [6.45, 7) is 0.726. The van der Waals surface area contributed by atoms with Crippen LogP contribution in [-0.2, 0) is 0 Å². The van der Waals surface area contributed by atoms with E-state index in [2.05, 4.69) is 255 Å². The lowest BCUT2D eigenvalue weighted by atomic mass is 9.99. The Morgan fingerprint density at radius 3 is 1.21 bits per heavy atom. The SMILES string of the molecule is C1=[N+](c2ccccc2)c2cc3c(cc2N(c2ccccc2)C1)=c1cc(-n2c4ccccc4c4ccccc42)ccc1=c1ccc(-n2c4ccccc4c4ccccc42)cc1=c1ccccc1=3. The molecule has 1 aliphatic carbocycles. The van der Waals surface area contributed by atoms with Gasteiger partial charge in [-0.15, -0.1) is 0 Å². The van der Waals surface area contributed by atoms with E-state index in [1.807, 2.05) is 0 Å². The molecule has 0 saturated carbocycles. The Bertz CT molecular complexity index is 4330. The van der Waals surface area contributed by atoms with Gasteiger partial charge in [0, 0.05) is 56.8 Å². The number of benzene rings is 10. The minimum absolute atomic E-state index is 0.726. The van der Waals surface area contributed by atoms with Gasteiger partial charge in [0.1, 0.15) is 12.2 Å². The van der Waals surface area contributed by atoms with E-state index in [0.717, 1.165) is 35.0 Å². The lowest BCUT2D eigenvalue weighted by molar-refractivity contribution is 0.994. The van der Waals surface area contributed by atoms with Crippen molar-refractivity contribution in [3.8, 4) is 11.4 Å². The molecule has 0 spiro atoms. The van der Waals surface area contributed by atoms with Gasteiger partial charge in [-0.25, -0.2) is 0 Å². The summed E-state index contributed by atoms with van der Waals surface area (Å²) in [5.41, 5.74) is 11.7. The van der Waals surface area contributed by atoms with Gasteiger partial charge in [0.05, 0.1) is 22.1 Å². The molecule has 4 nitrogen and oxygen atoms in total. The molecule has 0 amide bonds. The minimum Gasteiger partial charge on any atom is -0.326 e. The van der Waals surface area contributed by atoms with E-state index in [-0.39, 0.29) is 0 Å². The molecule has 66 heavy (non-hydrogen) atoms. The van der Waals surface area contributed by atoms with Gasteiger partial charge in [-0.2, -0.15) is 4.58 Å². The van der Waals surface area contributed by atoms with Crippen molar-refractivity contribution in [2.75, 3.05) is 11.4 Å². The van der Waals surface area contributed by atoms with Crippen LogP contribution >= 0.6 is 0 Å². The van der Waals surface area contributed by atoms with Gasteiger partial charge in [0.15, 0.2) is 6.21 Å². The van der Waals surface area contributed by atoms with Gasteiger partial charge in [-0.1, -0.05) is 146 Å². The van der Waals surface area contributed by atoms with Crippen LogP contribution in [0.3, 0.4) is 0 Å². The Morgan fingerprint density at radius 2 is 0.697 bits per heavy atom. The summed E-state index contributed by atoms with van der Waals surface area (Å²) < 4.78 is 7.28. The zero-order valence-corrected chi connectivity index (χ0v) is 36.0. The number of hydrogen-bond donors (Lipinski definition) is 0. The highest BCUT2D eigenvalue weighted by Crippen LogP contribution is 2.40. The number of anilines is 2. The second-order valence-corrected chi connectivity index (χ2v) is 17.5. The van der Waals surface area contributed by atoms with Crippen molar-refractivity contribution in [3.05, 3.63) is 272 Å². The number of para-hydroxylation sites is 6. The first kappa shape index (κ1) is 36.7. The van der Waals surface area contributed by atoms with Crippen molar-refractivity contribution in [2.24, 2.45) is 0 Å². The molecule has 0 fully saturated rings. The van der Waals surface area contributed by atoms with Crippen LogP contribution in [0.25, 0.3) is 55.0 Å². The van der Waals surface area contributed by atoms with Crippen molar-refractivity contribution in [1.82, 2.24) is 13.7 Å². The van der Waals surface area contributed by atoms with Crippen LogP contribution in [0.15, 0.2) is 231 Å². The molecule has 3 heterocycles. The van der Waals surface area contributed by atoms with Gasteiger partial charge in [0.2, 0.25) is 11.4 Å². The third-order valence-corrected chi connectivity index (χ3v) is 14.0. The molecule has 2 aromatic heterocycles. The third kappa shape index (κ3) is 5.42. The Balaban J connectivity index is 1.20. The summed E-state index contributed by atoms with van der Waals surface area (Å²) in [4.78, 5) is 2.46. The van der Waals surface area contributed by atoms with E-state index >= 15 is 0 Å². The number of rotatable bonds is 4. The molecule has 0 N–H and O–H groups in total. The highest BCUT2D eigenvalue weighted by atomic mass is 15.2. The van der Waals surface area contributed by atoms with Crippen LogP contribution < -0.4 is 9.48 Å². The molecule has 2 aliphatic rings. The topological polar surface area (TPSA) is 16.1 Å². The maximum atomic E-state index is 2.48. The Hall–Kier alpha value is -8.73. The quantitative estimate of drug-likeness (QED) is 0.161. The molecule has 0 radical (unpaired) electrons. The number of nitrogens with zero attached hydrogens (tertiary/aromatic N) is 4. The minimum atomic E-state index is 0.726. The average molecular weight is 842 g/mol. The molecule has 0 saturated heterocycles. The standard InChI is InChI=1S/C62H41N4/c1-3-17-41(18-4-1)63-35-36-64(42-19-5-2-6-20-42)62-40-56-54-38-44(66-59-29-15-11-25-51(59)52-26-12-16-30-60(52)66)32-34-48(54)47-33-31-43(37-53(47)45-21-7-8-22-46(45)55(56)39-61(62)63)65-57-27-13-9-23-49(57)50-24-10-14-28-58(50)65/h1-35,37-40H,36H2/q+1. The first-order chi connectivity index (χ1) is 32.8. The van der Waals surface area contributed by atoms with Gasteiger partial charge < -0.3 is 14.0 Å². The van der Waals surface area contributed by atoms with Crippen molar-refractivity contribution < 1.29 is 0 Å². The summed E-state index contributed by atoms with van der Waals surface area (Å²) in [5, 5.41) is 14.6. The van der Waals surface area contributed by atoms with Crippen LogP contribution in [0.2, 0.25) is 0 Å². The zero-order chi connectivity index (χ0) is 43.3. The van der Waals surface area contributed by atoms with Gasteiger partial charge >= 0.3 is 0 Å². The fourth-order valence-corrected chi connectivity index (χ4v) is 11.1. The van der Waals surface area contributed by atoms with E-state index < -0.39 is 0 Å². The molecule has 14 rings (SSSR count). The zero-order valence-electron chi connectivity index (χ0n) is 36.0. The third-order valence-electron chi connectivity index (χ3n) is 14.0. The van der Waals surface area contributed by atoms with Crippen LogP contribution in [0, 0.1) is 41.7 Å². The normalized spacial score (nSPS) is 12.8. The van der Waals surface area contributed by atoms with E-state index in [0.29, 0.717) is 0 Å². The van der Waals surface area contributed by atoms with E-state index in [9.17, 15) is 0 Å². The van der Waals surface area contributed by atoms with E-state index in [4.69, 9.17) is 0 Å². The Labute approximate surface area is 379 Å². The molecule has 10 aromatic carbocycles. The van der Waals surface area contributed by atoms with Gasteiger partial charge in [-0.05, 0) is 108 Å². The fraction of sp³-hybridized carbons (Fsp3) is 0.0161. The summed E-state index contributed by atoms with van der Waals surface area (Å²) in [5.74, 6) is 0. The van der Waals surface area contributed by atoms with Crippen LogP contribution in [0.5, 0.6) is 0 Å². The number of hydrogen-bond acceptors (Lipinski definition) is 1. The first-order valence-corrected chi connectivity index (χ1v) is 22.8. The predicted octanol–water partition coefficient (Wildman–Crippen LogP) is 14.4. The summed E-state index contributed by atoms with van der Waals surface area (Å²) in [6.07, 6.45) is 2.33.